The Kier molecular flexibility index (Phi) is 39.6. The van der Waals surface area contributed by atoms with Crippen molar-refractivity contribution in [3.05, 3.63) is 60.8 Å². The van der Waals surface area contributed by atoms with Gasteiger partial charge in [0.2, 0.25) is 0 Å². The van der Waals surface area contributed by atoms with Crippen LogP contribution in [0.25, 0.3) is 0 Å². The number of carboxylic acids is 1. The first-order valence-corrected chi connectivity index (χ1v) is 23.8. The highest BCUT2D eigenvalue weighted by Gasteiger charge is 2.25. The molecule has 0 saturated carbocycles. The zero-order valence-electron chi connectivity index (χ0n) is 38.7. The Bertz CT molecular complexity index is 1150. The average molecular weight is 828 g/mol. The van der Waals surface area contributed by atoms with Gasteiger partial charge in [0.25, 0.3) is 0 Å². The van der Waals surface area contributed by atoms with E-state index in [0.717, 1.165) is 70.6 Å². The first kappa shape index (κ1) is 56.0. The minimum Gasteiger partial charge on any atom is -0.544 e. The fourth-order valence-corrected chi connectivity index (χ4v) is 6.74. The number of allylic oxidation sites excluding steroid dienone is 10. The molecule has 340 valence electrons. The van der Waals surface area contributed by atoms with E-state index < -0.39 is 18.1 Å². The highest BCUT2D eigenvalue weighted by Crippen LogP contribution is 2.15. The Balaban J connectivity index is 4.37. The number of likely N-dealkylation sites (N-methyl/N-ethyl adjacent to an activating group) is 1. The minimum atomic E-state index is -1.13. The number of esters is 2. The third kappa shape index (κ3) is 40.2. The smallest absolute Gasteiger partial charge is 0.306 e. The van der Waals surface area contributed by atoms with Crippen LogP contribution in [0.4, 0.5) is 0 Å². The van der Waals surface area contributed by atoms with Crippen molar-refractivity contribution in [1.82, 2.24) is 0 Å². The van der Waals surface area contributed by atoms with E-state index in [1.807, 2.05) is 0 Å². The van der Waals surface area contributed by atoms with Gasteiger partial charge >= 0.3 is 11.9 Å². The normalized spacial score (nSPS) is 13.4. The summed E-state index contributed by atoms with van der Waals surface area (Å²) < 4.78 is 17.2. The van der Waals surface area contributed by atoms with Gasteiger partial charge in [0.15, 0.2) is 6.10 Å². The molecule has 0 aromatic rings. The number of hydrogen-bond acceptors (Lipinski definition) is 7. The lowest BCUT2D eigenvalue weighted by molar-refractivity contribution is -0.889. The van der Waals surface area contributed by atoms with Crippen molar-refractivity contribution in [3.8, 4) is 0 Å². The third-order valence-corrected chi connectivity index (χ3v) is 10.4. The van der Waals surface area contributed by atoms with Gasteiger partial charge in [0, 0.05) is 19.3 Å². The largest absolute Gasteiger partial charge is 0.544 e. The van der Waals surface area contributed by atoms with Crippen LogP contribution < -0.4 is 5.11 Å². The topological polar surface area (TPSA) is 102 Å². The summed E-state index contributed by atoms with van der Waals surface area (Å²) in [4.78, 5) is 36.9. The van der Waals surface area contributed by atoms with E-state index in [1.54, 1.807) is 21.1 Å². The number of rotatable bonds is 42. The zero-order valence-corrected chi connectivity index (χ0v) is 38.7. The number of quaternary nitrogens is 1. The van der Waals surface area contributed by atoms with Crippen LogP contribution >= 0.6 is 0 Å². The molecule has 0 aromatic heterocycles. The van der Waals surface area contributed by atoms with Gasteiger partial charge in [0.05, 0.1) is 40.3 Å². The lowest BCUT2D eigenvalue weighted by Gasteiger charge is -2.34. The SMILES string of the molecule is CC/C=C/C/C=C/C/C=C/C/C=C/C/C=C/CCCCCC(=O)OC(COCCC(C(=O)[O-])[N+](C)(C)C)COC(=O)CCCCCCCCCCCCCCCCCC. The van der Waals surface area contributed by atoms with Crippen molar-refractivity contribution in [1.29, 1.82) is 0 Å². The Labute approximate surface area is 362 Å². The molecule has 0 radical (unpaired) electrons. The quantitative estimate of drug-likeness (QED) is 0.0261. The van der Waals surface area contributed by atoms with Crippen molar-refractivity contribution in [3.63, 3.8) is 0 Å². The molecule has 0 aromatic carbocycles. The fourth-order valence-electron chi connectivity index (χ4n) is 6.74. The maximum absolute atomic E-state index is 12.7. The maximum atomic E-state index is 12.7. The van der Waals surface area contributed by atoms with Crippen LogP contribution in [-0.4, -0.2) is 75.5 Å². The number of unbranched alkanes of at least 4 members (excludes halogenated alkanes) is 18. The van der Waals surface area contributed by atoms with Crippen molar-refractivity contribution in [2.75, 3.05) is 41.0 Å². The van der Waals surface area contributed by atoms with Gasteiger partial charge in [-0.2, -0.15) is 0 Å². The molecular formula is C51H89NO7. The Hall–Kier alpha value is -2.97. The fraction of sp³-hybridized carbons (Fsp3) is 0.745. The van der Waals surface area contributed by atoms with Crippen LogP contribution in [0.15, 0.2) is 60.8 Å². The number of aliphatic carboxylic acids is 1. The van der Waals surface area contributed by atoms with Crippen LogP contribution in [0, 0.1) is 0 Å². The summed E-state index contributed by atoms with van der Waals surface area (Å²) in [5.74, 6) is -1.77. The number of nitrogens with zero attached hydrogens (tertiary/aromatic N) is 1. The molecule has 0 fully saturated rings. The summed E-state index contributed by atoms with van der Waals surface area (Å²) >= 11 is 0. The summed E-state index contributed by atoms with van der Waals surface area (Å²) in [5, 5.41) is 11.6. The van der Waals surface area contributed by atoms with E-state index in [4.69, 9.17) is 14.2 Å². The second-order valence-electron chi connectivity index (χ2n) is 17.0. The lowest BCUT2D eigenvalue weighted by Crippen LogP contribution is -2.55. The molecule has 0 amide bonds. The van der Waals surface area contributed by atoms with Crippen LogP contribution in [0.1, 0.15) is 194 Å². The molecular weight excluding hydrogens is 739 g/mol. The Morgan fingerprint density at radius 2 is 0.949 bits per heavy atom. The molecule has 0 rings (SSSR count). The van der Waals surface area contributed by atoms with Gasteiger partial charge in [-0.25, -0.2) is 0 Å². The van der Waals surface area contributed by atoms with Crippen LogP contribution in [-0.2, 0) is 28.6 Å². The summed E-state index contributed by atoms with van der Waals surface area (Å²) in [7, 11) is 5.40. The molecule has 2 unspecified atom stereocenters. The van der Waals surface area contributed by atoms with Gasteiger partial charge in [-0.1, -0.05) is 177 Å². The molecule has 0 N–H and O–H groups in total. The molecule has 8 nitrogen and oxygen atoms in total. The zero-order chi connectivity index (χ0) is 43.5. The number of ether oxygens (including phenoxy) is 3. The minimum absolute atomic E-state index is 0.0268. The molecule has 0 heterocycles. The van der Waals surface area contributed by atoms with Crippen LogP contribution in [0.5, 0.6) is 0 Å². The van der Waals surface area contributed by atoms with Gasteiger partial charge in [-0.3, -0.25) is 9.59 Å². The maximum Gasteiger partial charge on any atom is 0.306 e. The lowest BCUT2D eigenvalue weighted by atomic mass is 10.0. The first-order chi connectivity index (χ1) is 28.6. The first-order valence-electron chi connectivity index (χ1n) is 23.8. The molecule has 0 aliphatic heterocycles. The average Bonchev–Trinajstić information content (AvgIpc) is 3.19. The molecule has 0 bridgehead atoms. The summed E-state index contributed by atoms with van der Waals surface area (Å²) in [6.45, 7) is 4.52. The highest BCUT2D eigenvalue weighted by molar-refractivity contribution is 5.70. The second kappa shape index (κ2) is 41.8. The van der Waals surface area contributed by atoms with E-state index in [0.29, 0.717) is 12.8 Å². The Morgan fingerprint density at radius 3 is 1.41 bits per heavy atom. The van der Waals surface area contributed by atoms with Crippen molar-refractivity contribution in [2.24, 2.45) is 0 Å². The molecule has 0 aliphatic carbocycles. The van der Waals surface area contributed by atoms with Crippen LogP contribution in [0.3, 0.4) is 0 Å². The van der Waals surface area contributed by atoms with E-state index in [9.17, 15) is 19.5 Å². The second-order valence-corrected chi connectivity index (χ2v) is 17.0. The van der Waals surface area contributed by atoms with Gasteiger partial charge in [0.1, 0.15) is 12.6 Å². The van der Waals surface area contributed by atoms with Crippen LogP contribution in [0.2, 0.25) is 0 Å². The standard InChI is InChI=1S/C51H89NO7/c1-6-8-10-12-14-16-18-20-22-24-25-26-28-30-32-34-36-38-40-42-50(54)59-47(45-57-44-43-48(51(55)56)52(3,4)5)46-58-49(53)41-39-37-35-33-31-29-27-23-21-19-17-15-13-11-9-7-2/h8,10,14,16,20,22,25-26,30,32,47-48H,6-7,9,11-13,15,17-19,21,23-24,27-29,31,33-46H2,1-5H3/b10-8+,16-14+,22-20+,26-25+,32-30+. The Morgan fingerprint density at radius 1 is 0.525 bits per heavy atom. The van der Waals surface area contributed by atoms with Crippen molar-refractivity contribution < 1.29 is 38.2 Å². The molecule has 8 heteroatoms. The molecule has 59 heavy (non-hydrogen) atoms. The monoisotopic (exact) mass is 828 g/mol. The van der Waals surface area contributed by atoms with Gasteiger partial charge in [-0.15, -0.1) is 0 Å². The predicted octanol–water partition coefficient (Wildman–Crippen LogP) is 12.0. The molecule has 0 aliphatic rings. The van der Waals surface area contributed by atoms with Gasteiger partial charge in [-0.05, 0) is 57.8 Å². The molecule has 2 atom stereocenters. The number of carboxylic acid groups (broad SMARTS) is 1. The summed E-state index contributed by atoms with van der Waals surface area (Å²) in [5.41, 5.74) is 0. The number of carbonyl (C=O) groups is 3. The van der Waals surface area contributed by atoms with E-state index in [-0.39, 0.29) is 49.1 Å². The predicted molar refractivity (Wildman–Crippen MR) is 245 cm³/mol. The summed E-state index contributed by atoms with van der Waals surface area (Å²) in [6.07, 6.45) is 51.0. The van der Waals surface area contributed by atoms with Crippen molar-refractivity contribution >= 4 is 17.9 Å². The number of hydrogen-bond donors (Lipinski definition) is 0. The van der Waals surface area contributed by atoms with E-state index in [2.05, 4.69) is 74.6 Å². The highest BCUT2D eigenvalue weighted by atomic mass is 16.6. The summed E-state index contributed by atoms with van der Waals surface area (Å²) in [6, 6.07) is -0.733. The van der Waals surface area contributed by atoms with E-state index >= 15 is 0 Å². The van der Waals surface area contributed by atoms with Gasteiger partial charge < -0.3 is 28.6 Å². The van der Waals surface area contributed by atoms with Crippen molar-refractivity contribution in [2.45, 2.75) is 206 Å². The molecule has 0 saturated heterocycles. The number of carbonyl (C=O) groups excluding carboxylic acids is 3. The van der Waals surface area contributed by atoms with E-state index in [1.165, 1.54) is 83.5 Å². The molecule has 0 spiro atoms. The third-order valence-electron chi connectivity index (χ3n) is 10.4.